The van der Waals surface area contributed by atoms with Gasteiger partial charge in [-0.2, -0.15) is 0 Å². The Bertz CT molecular complexity index is 402. The van der Waals surface area contributed by atoms with Crippen LogP contribution in [0.2, 0.25) is 0 Å². The highest BCUT2D eigenvalue weighted by Gasteiger charge is 2.12. The molecule has 0 atom stereocenters. The van der Waals surface area contributed by atoms with E-state index in [2.05, 4.69) is 22.5 Å². The van der Waals surface area contributed by atoms with Crippen LogP contribution in [0.1, 0.15) is 52.9 Å². The van der Waals surface area contributed by atoms with Gasteiger partial charge in [-0.05, 0) is 19.8 Å². The predicted octanol–water partition coefficient (Wildman–Crippen LogP) is 2.41. The normalized spacial score (nSPS) is 12.1. The first-order chi connectivity index (χ1) is 10.5. The average molecular weight is 462 g/mol. The van der Waals surface area contributed by atoms with E-state index in [1.54, 1.807) is 0 Å². The number of halogens is 1. The molecule has 0 aromatic heterocycles. The summed E-state index contributed by atoms with van der Waals surface area (Å²) >= 11 is 0. The maximum absolute atomic E-state index is 11.5. The summed E-state index contributed by atoms with van der Waals surface area (Å²) in [6, 6.07) is 0. The zero-order valence-corrected chi connectivity index (χ0v) is 18.2. The Labute approximate surface area is 160 Å². The van der Waals surface area contributed by atoms with E-state index in [0.717, 1.165) is 31.9 Å². The lowest BCUT2D eigenvalue weighted by molar-refractivity contribution is 0.427. The number of aliphatic imine (C=N–C) groups is 1. The molecule has 6 nitrogen and oxygen atoms in total. The number of nitrogens with one attached hydrogen (secondary N) is 2. The molecule has 23 heavy (non-hydrogen) atoms. The van der Waals surface area contributed by atoms with Crippen molar-refractivity contribution < 1.29 is 8.42 Å². The minimum absolute atomic E-state index is 0. The summed E-state index contributed by atoms with van der Waals surface area (Å²) in [7, 11) is -3.10. The van der Waals surface area contributed by atoms with E-state index in [9.17, 15) is 8.42 Å². The molecular weight excluding hydrogens is 427 g/mol. The molecule has 0 aliphatic heterocycles. The second-order valence-electron chi connectivity index (χ2n) is 5.36. The van der Waals surface area contributed by atoms with Crippen LogP contribution in [0.5, 0.6) is 0 Å². The lowest BCUT2D eigenvalue weighted by Gasteiger charge is -2.17. The lowest BCUT2D eigenvalue weighted by atomic mass is 10.2. The maximum atomic E-state index is 11.5. The molecule has 0 aliphatic carbocycles. The molecule has 0 amide bonds. The number of sulfonamides is 1. The third kappa shape index (κ3) is 14.0. The summed E-state index contributed by atoms with van der Waals surface area (Å²) in [4.78, 5) is 4.49. The summed E-state index contributed by atoms with van der Waals surface area (Å²) in [6.07, 6.45) is 6.88. The monoisotopic (exact) mass is 462 g/mol. The lowest BCUT2D eigenvalue weighted by Crippen LogP contribution is -2.38. The Kier molecular flexibility index (Phi) is 16.9. The molecule has 0 rings (SSSR count). The van der Waals surface area contributed by atoms with Crippen molar-refractivity contribution in [1.82, 2.24) is 14.9 Å². The summed E-state index contributed by atoms with van der Waals surface area (Å²) in [5.74, 6) is 0.821. The quantitative estimate of drug-likeness (QED) is 0.202. The van der Waals surface area contributed by atoms with E-state index in [-0.39, 0.29) is 24.0 Å². The van der Waals surface area contributed by atoms with Crippen molar-refractivity contribution in [1.29, 1.82) is 0 Å². The van der Waals surface area contributed by atoms with Crippen LogP contribution in [0.25, 0.3) is 0 Å². The van der Waals surface area contributed by atoms with Gasteiger partial charge in [-0.1, -0.05) is 33.1 Å². The maximum Gasteiger partial charge on any atom is 0.211 e. The van der Waals surface area contributed by atoms with Crippen molar-refractivity contribution in [2.45, 2.75) is 52.9 Å². The first kappa shape index (κ1) is 25.2. The molecule has 0 heterocycles. The zero-order chi connectivity index (χ0) is 16.8. The van der Waals surface area contributed by atoms with Crippen molar-refractivity contribution >= 4 is 40.0 Å². The van der Waals surface area contributed by atoms with E-state index in [1.165, 1.54) is 29.8 Å². The predicted molar refractivity (Wildman–Crippen MR) is 110 cm³/mol. The van der Waals surface area contributed by atoms with Gasteiger partial charge in [0.2, 0.25) is 10.0 Å². The fourth-order valence-corrected chi connectivity index (χ4v) is 3.03. The number of hydrogen-bond donors (Lipinski definition) is 2. The van der Waals surface area contributed by atoms with Crippen molar-refractivity contribution in [3.8, 4) is 0 Å². The number of nitrogens with zero attached hydrogens (tertiary/aromatic N) is 2. The standard InChI is InChI=1S/C15H34N4O2S.HI/c1-5-8-9-10-12-17-15(16-6-2)18-13-11-14-19(7-3)22(4,20)21;/h5-14H2,1-4H3,(H2,16,17,18);1H. The third-order valence-electron chi connectivity index (χ3n) is 3.32. The van der Waals surface area contributed by atoms with Crippen molar-refractivity contribution in [3.05, 3.63) is 0 Å². The number of rotatable bonds is 12. The summed E-state index contributed by atoms with van der Waals surface area (Å²) in [5, 5.41) is 6.53. The Morgan fingerprint density at radius 1 is 1.04 bits per heavy atom. The molecule has 8 heteroatoms. The zero-order valence-electron chi connectivity index (χ0n) is 15.1. The average Bonchev–Trinajstić information content (AvgIpc) is 2.45. The molecule has 0 fully saturated rings. The van der Waals surface area contributed by atoms with Gasteiger partial charge in [0.1, 0.15) is 0 Å². The Morgan fingerprint density at radius 3 is 2.26 bits per heavy atom. The van der Waals surface area contributed by atoms with Gasteiger partial charge in [0.15, 0.2) is 5.96 Å². The van der Waals surface area contributed by atoms with Crippen molar-refractivity contribution in [2.75, 3.05) is 39.0 Å². The highest BCUT2D eigenvalue weighted by Crippen LogP contribution is 1.99. The second kappa shape index (κ2) is 15.4. The molecule has 0 unspecified atom stereocenters. The SMILES string of the molecule is CCCCCCNC(=NCCCN(CC)S(C)(=O)=O)NCC.I. The van der Waals surface area contributed by atoms with Gasteiger partial charge in [-0.3, -0.25) is 4.99 Å². The molecule has 140 valence electrons. The van der Waals surface area contributed by atoms with Gasteiger partial charge in [0.05, 0.1) is 6.26 Å². The van der Waals surface area contributed by atoms with Gasteiger partial charge < -0.3 is 10.6 Å². The molecule has 0 aliphatic rings. The fraction of sp³-hybridized carbons (Fsp3) is 0.933. The topological polar surface area (TPSA) is 73.8 Å². The van der Waals surface area contributed by atoms with Crippen molar-refractivity contribution in [3.63, 3.8) is 0 Å². The molecule has 2 N–H and O–H groups in total. The van der Waals surface area contributed by atoms with Gasteiger partial charge in [-0.25, -0.2) is 12.7 Å². The second-order valence-corrected chi connectivity index (χ2v) is 7.34. The van der Waals surface area contributed by atoms with Gasteiger partial charge in [0, 0.05) is 32.7 Å². The first-order valence-electron chi connectivity index (χ1n) is 8.42. The molecular formula is C15H35IN4O2S. The van der Waals surface area contributed by atoms with Crippen LogP contribution in [0.4, 0.5) is 0 Å². The van der Waals surface area contributed by atoms with Crippen molar-refractivity contribution in [2.24, 2.45) is 4.99 Å². The highest BCUT2D eigenvalue weighted by atomic mass is 127. The van der Waals surface area contributed by atoms with E-state index in [0.29, 0.717) is 19.6 Å². The van der Waals surface area contributed by atoms with Crippen LogP contribution < -0.4 is 10.6 Å². The van der Waals surface area contributed by atoms with Crippen LogP contribution in [0.15, 0.2) is 4.99 Å². The van der Waals surface area contributed by atoms with Gasteiger partial charge in [0.25, 0.3) is 0 Å². The highest BCUT2D eigenvalue weighted by molar-refractivity contribution is 14.0. The van der Waals surface area contributed by atoms with Gasteiger partial charge >= 0.3 is 0 Å². The Balaban J connectivity index is 0. The van der Waals surface area contributed by atoms with E-state index >= 15 is 0 Å². The summed E-state index contributed by atoms with van der Waals surface area (Å²) < 4.78 is 24.5. The van der Waals surface area contributed by atoms with E-state index in [1.807, 2.05) is 13.8 Å². The minimum atomic E-state index is -3.10. The smallest absolute Gasteiger partial charge is 0.211 e. The molecule has 0 radical (unpaired) electrons. The Morgan fingerprint density at radius 2 is 1.74 bits per heavy atom. The molecule has 0 aromatic rings. The number of hydrogen-bond acceptors (Lipinski definition) is 3. The Hall–Kier alpha value is -0.0900. The number of guanidine groups is 1. The molecule has 0 saturated heterocycles. The molecule has 0 aromatic carbocycles. The largest absolute Gasteiger partial charge is 0.357 e. The van der Waals surface area contributed by atoms with Crippen LogP contribution in [0.3, 0.4) is 0 Å². The van der Waals surface area contributed by atoms with E-state index < -0.39 is 10.0 Å². The van der Waals surface area contributed by atoms with Crippen LogP contribution in [-0.2, 0) is 10.0 Å². The fourth-order valence-electron chi connectivity index (χ4n) is 2.10. The third-order valence-corrected chi connectivity index (χ3v) is 4.70. The molecule has 0 spiro atoms. The van der Waals surface area contributed by atoms with Gasteiger partial charge in [-0.15, -0.1) is 24.0 Å². The van der Waals surface area contributed by atoms with Crippen LogP contribution in [0, 0.1) is 0 Å². The molecule has 0 bridgehead atoms. The van der Waals surface area contributed by atoms with Crippen LogP contribution in [-0.4, -0.2) is 57.7 Å². The minimum Gasteiger partial charge on any atom is -0.357 e. The number of unbranched alkanes of at least 4 members (excludes halogenated alkanes) is 3. The van der Waals surface area contributed by atoms with Crippen LogP contribution >= 0.6 is 24.0 Å². The van der Waals surface area contributed by atoms with E-state index in [4.69, 9.17) is 0 Å². The summed E-state index contributed by atoms with van der Waals surface area (Å²) in [5.41, 5.74) is 0. The molecule has 0 saturated carbocycles. The summed E-state index contributed by atoms with van der Waals surface area (Å²) in [6.45, 7) is 9.50. The first-order valence-corrected chi connectivity index (χ1v) is 10.3.